The highest BCUT2D eigenvalue weighted by Crippen LogP contribution is 2.21. The second kappa shape index (κ2) is 5.69. The minimum absolute atomic E-state index is 0.127. The van der Waals surface area contributed by atoms with Gasteiger partial charge in [0.1, 0.15) is 23.0 Å². The third-order valence-electron chi connectivity index (χ3n) is 2.61. The van der Waals surface area contributed by atoms with Crippen LogP contribution in [-0.2, 0) is 0 Å². The smallest absolute Gasteiger partial charge is 0.134 e. The van der Waals surface area contributed by atoms with E-state index in [1.165, 1.54) is 6.33 Å². The van der Waals surface area contributed by atoms with Gasteiger partial charge in [0.2, 0.25) is 0 Å². The molecule has 2 rings (SSSR count). The first-order chi connectivity index (χ1) is 8.69. The van der Waals surface area contributed by atoms with Crippen molar-refractivity contribution in [3.63, 3.8) is 0 Å². The zero-order chi connectivity index (χ0) is 13.0. The van der Waals surface area contributed by atoms with Crippen molar-refractivity contribution in [2.45, 2.75) is 13.0 Å². The third kappa shape index (κ3) is 3.11. The fraction of sp³-hybridized carbons (Fsp3) is 0.231. The summed E-state index contributed by atoms with van der Waals surface area (Å²) in [7, 11) is 1.65. The molecule has 1 atom stereocenters. The predicted octanol–water partition coefficient (Wildman–Crippen LogP) is 3.31. The lowest BCUT2D eigenvalue weighted by molar-refractivity contribution is 0.414. The summed E-state index contributed by atoms with van der Waals surface area (Å²) in [6.07, 6.45) is 1.44. The van der Waals surface area contributed by atoms with E-state index in [4.69, 9.17) is 16.3 Å². The van der Waals surface area contributed by atoms with Crippen molar-refractivity contribution >= 4 is 17.4 Å². The summed E-state index contributed by atoms with van der Waals surface area (Å²) >= 11 is 5.81. The SMILES string of the molecule is COc1ccc(C(C)Nc2cc(Cl)ncn2)cc1. The van der Waals surface area contributed by atoms with Crippen LogP contribution in [0.15, 0.2) is 36.7 Å². The molecular weight excluding hydrogens is 250 g/mol. The van der Waals surface area contributed by atoms with Crippen LogP contribution in [0.2, 0.25) is 5.15 Å². The van der Waals surface area contributed by atoms with Gasteiger partial charge in [-0.2, -0.15) is 0 Å². The highest BCUT2D eigenvalue weighted by Gasteiger charge is 2.06. The highest BCUT2D eigenvalue weighted by atomic mass is 35.5. The van der Waals surface area contributed by atoms with Gasteiger partial charge in [-0.15, -0.1) is 0 Å². The number of nitrogens with one attached hydrogen (secondary N) is 1. The molecule has 0 aliphatic heterocycles. The number of methoxy groups -OCH3 is 1. The lowest BCUT2D eigenvalue weighted by atomic mass is 10.1. The molecule has 0 aliphatic rings. The second-order valence-corrected chi connectivity index (χ2v) is 4.25. The Bertz CT molecular complexity index is 516. The van der Waals surface area contributed by atoms with Crippen LogP contribution in [0.4, 0.5) is 5.82 Å². The molecule has 94 valence electrons. The van der Waals surface area contributed by atoms with E-state index in [1.54, 1.807) is 13.2 Å². The standard InChI is InChI=1S/C13H14ClN3O/c1-9(10-3-5-11(18-2)6-4-10)17-13-7-12(14)15-8-16-13/h3-9H,1-2H3,(H,15,16,17). The van der Waals surface area contributed by atoms with Gasteiger partial charge >= 0.3 is 0 Å². The quantitative estimate of drug-likeness (QED) is 0.860. The average Bonchev–Trinajstić information content (AvgIpc) is 2.39. The molecule has 1 N–H and O–H groups in total. The zero-order valence-corrected chi connectivity index (χ0v) is 11.0. The molecule has 0 bridgehead atoms. The number of ether oxygens (including phenoxy) is 1. The van der Waals surface area contributed by atoms with E-state index in [9.17, 15) is 0 Å². The van der Waals surface area contributed by atoms with Crippen molar-refractivity contribution in [1.82, 2.24) is 9.97 Å². The largest absolute Gasteiger partial charge is 0.497 e. The first-order valence-corrected chi connectivity index (χ1v) is 5.95. The van der Waals surface area contributed by atoms with Crippen molar-refractivity contribution in [2.75, 3.05) is 12.4 Å². The molecule has 2 aromatic rings. The lowest BCUT2D eigenvalue weighted by Crippen LogP contribution is -2.07. The Balaban J connectivity index is 2.09. The van der Waals surface area contributed by atoms with Gasteiger partial charge < -0.3 is 10.1 Å². The molecule has 4 nitrogen and oxygen atoms in total. The number of aromatic nitrogens is 2. The third-order valence-corrected chi connectivity index (χ3v) is 2.82. The Labute approximate surface area is 111 Å². The van der Waals surface area contributed by atoms with Crippen LogP contribution >= 0.6 is 11.6 Å². The van der Waals surface area contributed by atoms with Crippen LogP contribution in [0.3, 0.4) is 0 Å². The van der Waals surface area contributed by atoms with E-state index >= 15 is 0 Å². The minimum Gasteiger partial charge on any atom is -0.497 e. The summed E-state index contributed by atoms with van der Waals surface area (Å²) in [5, 5.41) is 3.69. The second-order valence-electron chi connectivity index (χ2n) is 3.87. The van der Waals surface area contributed by atoms with Gasteiger partial charge in [0.25, 0.3) is 0 Å². The Kier molecular flexibility index (Phi) is 3.99. The van der Waals surface area contributed by atoms with Crippen molar-refractivity contribution in [3.05, 3.63) is 47.4 Å². The van der Waals surface area contributed by atoms with Crippen molar-refractivity contribution in [3.8, 4) is 5.75 Å². The van der Waals surface area contributed by atoms with Crippen LogP contribution in [0, 0.1) is 0 Å². The molecule has 0 radical (unpaired) electrons. The van der Waals surface area contributed by atoms with Gasteiger partial charge in [-0.3, -0.25) is 0 Å². The van der Waals surface area contributed by atoms with Crippen molar-refractivity contribution in [2.24, 2.45) is 0 Å². The first-order valence-electron chi connectivity index (χ1n) is 5.57. The van der Waals surface area contributed by atoms with Gasteiger partial charge in [-0.25, -0.2) is 9.97 Å². The predicted molar refractivity (Wildman–Crippen MR) is 72.1 cm³/mol. The van der Waals surface area contributed by atoms with Crippen LogP contribution in [0.1, 0.15) is 18.5 Å². The maximum atomic E-state index is 5.81. The molecule has 0 amide bonds. The Morgan fingerprint density at radius 2 is 1.94 bits per heavy atom. The lowest BCUT2D eigenvalue weighted by Gasteiger charge is -2.15. The summed E-state index contributed by atoms with van der Waals surface area (Å²) in [6.45, 7) is 2.05. The molecule has 0 aliphatic carbocycles. The van der Waals surface area contributed by atoms with Crippen LogP contribution in [0.5, 0.6) is 5.75 Å². The number of hydrogen-bond donors (Lipinski definition) is 1. The van der Waals surface area contributed by atoms with Gasteiger partial charge in [-0.05, 0) is 24.6 Å². The Hall–Kier alpha value is -1.81. The Morgan fingerprint density at radius 3 is 2.56 bits per heavy atom. The van der Waals surface area contributed by atoms with Crippen molar-refractivity contribution in [1.29, 1.82) is 0 Å². The van der Waals surface area contributed by atoms with Gasteiger partial charge in [-0.1, -0.05) is 23.7 Å². The van der Waals surface area contributed by atoms with E-state index in [1.807, 2.05) is 24.3 Å². The minimum atomic E-state index is 0.127. The van der Waals surface area contributed by atoms with E-state index in [0.29, 0.717) is 11.0 Å². The first kappa shape index (κ1) is 12.6. The number of hydrogen-bond acceptors (Lipinski definition) is 4. The number of halogens is 1. The zero-order valence-electron chi connectivity index (χ0n) is 10.2. The normalized spacial score (nSPS) is 11.9. The molecule has 1 heterocycles. The molecule has 0 fully saturated rings. The molecule has 1 aromatic heterocycles. The van der Waals surface area contributed by atoms with Crippen LogP contribution < -0.4 is 10.1 Å². The van der Waals surface area contributed by atoms with Gasteiger partial charge in [0.05, 0.1) is 7.11 Å². The van der Waals surface area contributed by atoms with E-state index < -0.39 is 0 Å². The van der Waals surface area contributed by atoms with Crippen molar-refractivity contribution < 1.29 is 4.74 Å². The number of nitrogens with zero attached hydrogens (tertiary/aromatic N) is 2. The summed E-state index contributed by atoms with van der Waals surface area (Å²) < 4.78 is 5.12. The molecular formula is C13H14ClN3O. The number of rotatable bonds is 4. The average molecular weight is 264 g/mol. The summed E-state index contributed by atoms with van der Waals surface area (Å²) in [5.41, 5.74) is 1.14. The van der Waals surface area contributed by atoms with E-state index in [-0.39, 0.29) is 6.04 Å². The number of benzene rings is 1. The van der Waals surface area contributed by atoms with E-state index in [2.05, 4.69) is 22.2 Å². The molecule has 0 spiro atoms. The molecule has 18 heavy (non-hydrogen) atoms. The fourth-order valence-electron chi connectivity index (χ4n) is 1.61. The molecule has 1 aromatic carbocycles. The van der Waals surface area contributed by atoms with E-state index in [0.717, 1.165) is 11.3 Å². The monoisotopic (exact) mass is 263 g/mol. The maximum Gasteiger partial charge on any atom is 0.134 e. The molecule has 0 saturated heterocycles. The summed E-state index contributed by atoms with van der Waals surface area (Å²) in [6, 6.07) is 9.71. The Morgan fingerprint density at radius 1 is 1.22 bits per heavy atom. The highest BCUT2D eigenvalue weighted by molar-refractivity contribution is 6.29. The summed E-state index contributed by atoms with van der Waals surface area (Å²) in [5.74, 6) is 1.55. The fourth-order valence-corrected chi connectivity index (χ4v) is 1.76. The van der Waals surface area contributed by atoms with Crippen LogP contribution in [-0.4, -0.2) is 17.1 Å². The maximum absolute atomic E-state index is 5.81. The molecule has 0 saturated carbocycles. The molecule has 5 heteroatoms. The topological polar surface area (TPSA) is 47.0 Å². The number of anilines is 1. The van der Waals surface area contributed by atoms with Gasteiger partial charge in [0.15, 0.2) is 0 Å². The van der Waals surface area contributed by atoms with Gasteiger partial charge in [0, 0.05) is 12.1 Å². The van der Waals surface area contributed by atoms with Crippen LogP contribution in [0.25, 0.3) is 0 Å². The summed E-state index contributed by atoms with van der Waals surface area (Å²) in [4.78, 5) is 7.95. The molecule has 1 unspecified atom stereocenters.